The minimum Gasteiger partial charge on any atom is -0.373 e. The van der Waals surface area contributed by atoms with Gasteiger partial charge in [-0.15, -0.1) is 24.0 Å². The first kappa shape index (κ1) is 23.1. The average Bonchev–Trinajstić information content (AvgIpc) is 3.29. The van der Waals surface area contributed by atoms with Gasteiger partial charge in [0.2, 0.25) is 0 Å². The summed E-state index contributed by atoms with van der Waals surface area (Å²) < 4.78 is 5.99. The lowest BCUT2D eigenvalue weighted by Gasteiger charge is -2.39. The lowest BCUT2D eigenvalue weighted by molar-refractivity contribution is 0.0992. The van der Waals surface area contributed by atoms with Crippen LogP contribution in [0.2, 0.25) is 5.02 Å². The SMILES string of the molecule is CCNC(=NCC1CCCN(C)C1c1cccc(Cl)c1)NC1CC2CCC1O2.I. The Kier molecular flexibility index (Phi) is 8.48. The summed E-state index contributed by atoms with van der Waals surface area (Å²) in [5.74, 6) is 1.42. The molecule has 162 valence electrons. The number of nitrogens with one attached hydrogen (secondary N) is 2. The minimum absolute atomic E-state index is 0. The fourth-order valence-corrected chi connectivity index (χ4v) is 5.36. The molecule has 3 fully saturated rings. The zero-order valence-electron chi connectivity index (χ0n) is 17.4. The van der Waals surface area contributed by atoms with Gasteiger partial charge in [0.25, 0.3) is 0 Å². The molecule has 0 aliphatic carbocycles. The maximum Gasteiger partial charge on any atom is 0.191 e. The van der Waals surface area contributed by atoms with Crippen LogP contribution in [0.15, 0.2) is 29.3 Å². The van der Waals surface area contributed by atoms with E-state index in [1.165, 1.54) is 31.2 Å². The number of rotatable bonds is 5. The number of halogens is 2. The van der Waals surface area contributed by atoms with Crippen LogP contribution in [0.3, 0.4) is 0 Å². The second kappa shape index (κ2) is 10.6. The van der Waals surface area contributed by atoms with Crippen molar-refractivity contribution in [2.45, 2.75) is 63.3 Å². The standard InChI is InChI=1S/C22H33ClN4O.HI/c1-3-24-22(26-19-13-18-9-10-20(19)28-18)25-14-16-7-5-11-27(2)21(16)15-6-4-8-17(23)12-15;/h4,6,8,12,16,18-21H,3,5,7,9-11,13-14H2,1-2H3,(H2,24,25,26);1H. The summed E-state index contributed by atoms with van der Waals surface area (Å²) in [6, 6.07) is 9.08. The Bertz CT molecular complexity index is 703. The van der Waals surface area contributed by atoms with Gasteiger partial charge in [0.1, 0.15) is 0 Å². The molecule has 3 heterocycles. The molecule has 29 heavy (non-hydrogen) atoms. The van der Waals surface area contributed by atoms with E-state index < -0.39 is 0 Å². The van der Waals surface area contributed by atoms with Crippen molar-refractivity contribution in [3.05, 3.63) is 34.9 Å². The van der Waals surface area contributed by atoms with E-state index >= 15 is 0 Å². The Morgan fingerprint density at radius 1 is 1.31 bits per heavy atom. The van der Waals surface area contributed by atoms with E-state index in [9.17, 15) is 0 Å². The number of fused-ring (bicyclic) bond motifs is 2. The molecule has 5 unspecified atom stereocenters. The van der Waals surface area contributed by atoms with Crippen LogP contribution in [0.5, 0.6) is 0 Å². The van der Waals surface area contributed by atoms with Crippen molar-refractivity contribution in [1.82, 2.24) is 15.5 Å². The molecule has 5 nitrogen and oxygen atoms in total. The fourth-order valence-electron chi connectivity index (χ4n) is 5.16. The molecule has 3 aliphatic rings. The van der Waals surface area contributed by atoms with Crippen molar-refractivity contribution >= 4 is 41.5 Å². The summed E-state index contributed by atoms with van der Waals surface area (Å²) >= 11 is 6.28. The molecule has 0 amide bonds. The van der Waals surface area contributed by atoms with Gasteiger partial charge in [0, 0.05) is 24.2 Å². The smallest absolute Gasteiger partial charge is 0.191 e. The lowest BCUT2D eigenvalue weighted by atomic mass is 9.85. The molecule has 0 saturated carbocycles. The fraction of sp³-hybridized carbons (Fsp3) is 0.682. The van der Waals surface area contributed by atoms with E-state index in [1.54, 1.807) is 0 Å². The van der Waals surface area contributed by atoms with Gasteiger partial charge in [-0.3, -0.25) is 9.89 Å². The Morgan fingerprint density at radius 3 is 2.86 bits per heavy atom. The molecule has 1 aromatic rings. The van der Waals surface area contributed by atoms with Gasteiger partial charge >= 0.3 is 0 Å². The van der Waals surface area contributed by atoms with E-state index in [-0.39, 0.29) is 24.0 Å². The van der Waals surface area contributed by atoms with Crippen LogP contribution in [0, 0.1) is 5.92 Å². The van der Waals surface area contributed by atoms with Gasteiger partial charge in [-0.25, -0.2) is 0 Å². The highest BCUT2D eigenvalue weighted by Gasteiger charge is 2.41. The van der Waals surface area contributed by atoms with E-state index in [0.717, 1.165) is 37.0 Å². The van der Waals surface area contributed by atoms with Gasteiger partial charge in [0.15, 0.2) is 5.96 Å². The highest BCUT2D eigenvalue weighted by Crippen LogP contribution is 2.36. The minimum atomic E-state index is 0. The van der Waals surface area contributed by atoms with E-state index in [4.69, 9.17) is 21.3 Å². The van der Waals surface area contributed by atoms with Crippen molar-refractivity contribution < 1.29 is 4.74 Å². The van der Waals surface area contributed by atoms with Crippen LogP contribution in [0.4, 0.5) is 0 Å². The monoisotopic (exact) mass is 532 g/mol. The number of hydrogen-bond donors (Lipinski definition) is 2. The summed E-state index contributed by atoms with van der Waals surface area (Å²) in [5, 5.41) is 7.88. The molecule has 5 atom stereocenters. The molecule has 0 radical (unpaired) electrons. The maximum absolute atomic E-state index is 6.28. The van der Waals surface area contributed by atoms with Crippen molar-refractivity contribution in [3.63, 3.8) is 0 Å². The number of ether oxygens (including phenoxy) is 1. The summed E-state index contributed by atoms with van der Waals surface area (Å²) in [7, 11) is 2.22. The normalized spacial score (nSPS) is 32.1. The van der Waals surface area contributed by atoms with Crippen molar-refractivity contribution in [2.75, 3.05) is 26.7 Å². The number of benzene rings is 1. The van der Waals surface area contributed by atoms with Crippen molar-refractivity contribution in [1.29, 1.82) is 0 Å². The zero-order valence-corrected chi connectivity index (χ0v) is 20.5. The summed E-state index contributed by atoms with van der Waals surface area (Å²) in [6.07, 6.45) is 6.71. The largest absolute Gasteiger partial charge is 0.373 e. The highest BCUT2D eigenvalue weighted by molar-refractivity contribution is 14.0. The molecule has 2 N–H and O–H groups in total. The molecule has 1 aromatic carbocycles. The molecule has 0 spiro atoms. The van der Waals surface area contributed by atoms with E-state index in [0.29, 0.717) is 30.2 Å². The van der Waals surface area contributed by atoms with Crippen molar-refractivity contribution in [2.24, 2.45) is 10.9 Å². The average molecular weight is 533 g/mol. The van der Waals surface area contributed by atoms with Crippen molar-refractivity contribution in [3.8, 4) is 0 Å². The predicted molar refractivity (Wildman–Crippen MR) is 130 cm³/mol. The molecule has 0 aromatic heterocycles. The number of piperidine rings is 1. The van der Waals surface area contributed by atoms with Crippen LogP contribution < -0.4 is 10.6 Å². The summed E-state index contributed by atoms with van der Waals surface area (Å²) in [6.45, 7) is 4.93. The number of aliphatic imine (C=N–C) groups is 1. The van der Waals surface area contributed by atoms with E-state index in [2.05, 4.69) is 47.7 Å². The van der Waals surface area contributed by atoms with Crippen LogP contribution in [-0.4, -0.2) is 55.8 Å². The van der Waals surface area contributed by atoms with E-state index in [1.807, 2.05) is 6.07 Å². The van der Waals surface area contributed by atoms with Crippen LogP contribution in [-0.2, 0) is 4.74 Å². The number of nitrogens with zero attached hydrogens (tertiary/aromatic N) is 2. The first-order chi connectivity index (χ1) is 13.6. The third-order valence-electron chi connectivity index (χ3n) is 6.45. The van der Waals surface area contributed by atoms with Crippen LogP contribution in [0.25, 0.3) is 0 Å². The third-order valence-corrected chi connectivity index (χ3v) is 6.69. The molecule has 4 rings (SSSR count). The second-order valence-corrected chi connectivity index (χ2v) is 8.90. The molecule has 3 saturated heterocycles. The van der Waals surface area contributed by atoms with Gasteiger partial charge in [-0.1, -0.05) is 23.7 Å². The lowest BCUT2D eigenvalue weighted by Crippen LogP contribution is -2.47. The summed E-state index contributed by atoms with van der Waals surface area (Å²) in [5.41, 5.74) is 1.30. The Balaban J connectivity index is 0.00000240. The first-order valence-corrected chi connectivity index (χ1v) is 11.2. The van der Waals surface area contributed by atoms with Crippen LogP contribution >= 0.6 is 35.6 Å². The number of likely N-dealkylation sites (tertiary alicyclic amines) is 1. The van der Waals surface area contributed by atoms with Crippen LogP contribution in [0.1, 0.15) is 50.6 Å². The number of hydrogen-bond acceptors (Lipinski definition) is 3. The summed E-state index contributed by atoms with van der Waals surface area (Å²) in [4.78, 5) is 7.45. The molecule has 7 heteroatoms. The molecule has 3 aliphatic heterocycles. The van der Waals surface area contributed by atoms with Gasteiger partial charge in [-0.05, 0) is 76.2 Å². The maximum atomic E-state index is 6.28. The van der Waals surface area contributed by atoms with Gasteiger partial charge in [0.05, 0.1) is 18.2 Å². The quantitative estimate of drug-likeness (QED) is 0.339. The number of guanidine groups is 1. The second-order valence-electron chi connectivity index (χ2n) is 8.46. The van der Waals surface area contributed by atoms with Gasteiger partial charge < -0.3 is 15.4 Å². The highest BCUT2D eigenvalue weighted by atomic mass is 127. The topological polar surface area (TPSA) is 48.9 Å². The molecular formula is C22H34ClIN4O. The predicted octanol–water partition coefficient (Wildman–Crippen LogP) is 4.22. The van der Waals surface area contributed by atoms with Gasteiger partial charge in [-0.2, -0.15) is 0 Å². The molecule has 2 bridgehead atoms. The Hall–Kier alpha value is -0.570. The Morgan fingerprint density at radius 2 is 2.17 bits per heavy atom. The first-order valence-electron chi connectivity index (χ1n) is 10.8. The third kappa shape index (κ3) is 5.57. The molecular weight excluding hydrogens is 499 g/mol. The Labute approximate surface area is 197 Å². The zero-order chi connectivity index (χ0) is 19.5.